The zero-order valence-electron chi connectivity index (χ0n) is 14.2. The number of thiophene rings is 1. The Hall–Kier alpha value is -2.67. The van der Waals surface area contributed by atoms with Crippen LogP contribution in [-0.4, -0.2) is 34.2 Å². The smallest absolute Gasteiger partial charge is 0.191 e. The first-order valence-electron chi connectivity index (χ1n) is 8.34. The molecule has 0 aliphatic carbocycles. The van der Waals surface area contributed by atoms with Gasteiger partial charge in [-0.15, -0.1) is 11.3 Å². The lowest BCUT2D eigenvalue weighted by Gasteiger charge is -2.11. The maximum absolute atomic E-state index is 4.68. The van der Waals surface area contributed by atoms with Crippen LogP contribution in [0.2, 0.25) is 0 Å². The molecule has 130 valence electrons. The molecule has 0 aliphatic heterocycles. The summed E-state index contributed by atoms with van der Waals surface area (Å²) in [5, 5.41) is 15.6. The zero-order valence-corrected chi connectivity index (χ0v) is 15.0. The summed E-state index contributed by atoms with van der Waals surface area (Å²) in [6.45, 7) is 4.38. The van der Waals surface area contributed by atoms with Gasteiger partial charge < -0.3 is 10.6 Å². The third kappa shape index (κ3) is 5.15. The van der Waals surface area contributed by atoms with E-state index in [1.807, 2.05) is 12.1 Å². The summed E-state index contributed by atoms with van der Waals surface area (Å²) in [6, 6.07) is 12.4. The van der Waals surface area contributed by atoms with E-state index in [1.54, 1.807) is 11.3 Å². The Kier molecular flexibility index (Phi) is 6.17. The average Bonchev–Trinajstić information content (AvgIpc) is 3.34. The van der Waals surface area contributed by atoms with Crippen LogP contribution in [0.15, 0.2) is 53.1 Å². The highest BCUT2D eigenvalue weighted by atomic mass is 32.1. The first kappa shape index (κ1) is 17.2. The quantitative estimate of drug-likeness (QED) is 0.450. The third-order valence-corrected chi connectivity index (χ3v) is 4.56. The van der Waals surface area contributed by atoms with Crippen LogP contribution in [0.4, 0.5) is 0 Å². The van der Waals surface area contributed by atoms with Crippen molar-refractivity contribution in [1.82, 2.24) is 25.8 Å². The molecule has 0 amide bonds. The van der Waals surface area contributed by atoms with Gasteiger partial charge in [-0.05, 0) is 36.4 Å². The van der Waals surface area contributed by atoms with E-state index in [4.69, 9.17) is 0 Å². The molecule has 0 atom stereocenters. The number of nitrogens with zero attached hydrogens (tertiary/aromatic N) is 3. The van der Waals surface area contributed by atoms with E-state index >= 15 is 0 Å². The topological polar surface area (TPSA) is 78.0 Å². The zero-order chi connectivity index (χ0) is 17.3. The fourth-order valence-electron chi connectivity index (χ4n) is 2.43. The van der Waals surface area contributed by atoms with Gasteiger partial charge in [-0.2, -0.15) is 5.10 Å². The van der Waals surface area contributed by atoms with Gasteiger partial charge in [0, 0.05) is 23.5 Å². The summed E-state index contributed by atoms with van der Waals surface area (Å²) in [7, 11) is 0. The summed E-state index contributed by atoms with van der Waals surface area (Å²) in [5.74, 6) is 1.61. The molecule has 0 fully saturated rings. The molecule has 3 N–H and O–H groups in total. The lowest BCUT2D eigenvalue weighted by atomic mass is 10.1. The second kappa shape index (κ2) is 8.98. The predicted octanol–water partition coefficient (Wildman–Crippen LogP) is 2.83. The Morgan fingerprint density at radius 1 is 1.24 bits per heavy atom. The molecule has 0 spiro atoms. The van der Waals surface area contributed by atoms with Crippen molar-refractivity contribution < 1.29 is 0 Å². The highest BCUT2D eigenvalue weighted by Crippen LogP contribution is 2.15. The Balaban J connectivity index is 1.59. The fraction of sp³-hybridized carbons (Fsp3) is 0.278. The van der Waals surface area contributed by atoms with Crippen LogP contribution in [0.3, 0.4) is 0 Å². The van der Waals surface area contributed by atoms with Gasteiger partial charge in [-0.25, -0.2) is 9.98 Å². The molecule has 0 unspecified atom stereocenters. The Morgan fingerprint density at radius 3 is 2.96 bits per heavy atom. The maximum atomic E-state index is 4.68. The number of aromatic nitrogens is 3. The lowest BCUT2D eigenvalue weighted by Crippen LogP contribution is -2.38. The van der Waals surface area contributed by atoms with Crippen molar-refractivity contribution in [1.29, 1.82) is 0 Å². The number of rotatable bonds is 7. The van der Waals surface area contributed by atoms with Gasteiger partial charge >= 0.3 is 0 Å². The fourth-order valence-corrected chi connectivity index (χ4v) is 3.14. The number of aromatic amines is 1. The van der Waals surface area contributed by atoms with Gasteiger partial charge in [0.1, 0.15) is 6.33 Å². The standard InChI is InChI=1S/C18H22N6S/c1-2-19-18(20-9-8-16-7-4-10-25-16)21-12-14-5-3-6-15(11-14)17-22-13-23-24-17/h3-7,10-11,13H,2,8-9,12H2,1H3,(H2,19,20,21)(H,22,23,24). The van der Waals surface area contributed by atoms with Crippen LogP contribution < -0.4 is 10.6 Å². The molecule has 0 bridgehead atoms. The van der Waals surface area contributed by atoms with Crippen LogP contribution >= 0.6 is 11.3 Å². The van der Waals surface area contributed by atoms with Crippen molar-refractivity contribution in [3.8, 4) is 11.4 Å². The first-order valence-corrected chi connectivity index (χ1v) is 9.22. The number of aliphatic imine (C=N–C) groups is 1. The number of hydrogen-bond donors (Lipinski definition) is 3. The summed E-state index contributed by atoms with van der Waals surface area (Å²) in [5.41, 5.74) is 2.14. The average molecular weight is 354 g/mol. The molecule has 2 aromatic heterocycles. The number of nitrogens with one attached hydrogen (secondary N) is 3. The molecular weight excluding hydrogens is 332 g/mol. The summed E-state index contributed by atoms with van der Waals surface area (Å²) >= 11 is 1.78. The minimum absolute atomic E-state index is 0.607. The van der Waals surface area contributed by atoms with E-state index < -0.39 is 0 Å². The van der Waals surface area contributed by atoms with Crippen LogP contribution in [0.5, 0.6) is 0 Å². The highest BCUT2D eigenvalue weighted by Gasteiger charge is 2.03. The molecule has 0 saturated carbocycles. The van der Waals surface area contributed by atoms with Crippen molar-refractivity contribution >= 4 is 17.3 Å². The minimum Gasteiger partial charge on any atom is -0.357 e. The van der Waals surface area contributed by atoms with E-state index in [0.717, 1.165) is 42.4 Å². The Bertz CT molecular complexity index is 780. The predicted molar refractivity (Wildman–Crippen MR) is 103 cm³/mol. The van der Waals surface area contributed by atoms with Crippen LogP contribution in [-0.2, 0) is 13.0 Å². The van der Waals surface area contributed by atoms with E-state index in [-0.39, 0.29) is 0 Å². The molecule has 0 aliphatic rings. The van der Waals surface area contributed by atoms with E-state index in [9.17, 15) is 0 Å². The van der Waals surface area contributed by atoms with Crippen molar-refractivity contribution in [2.75, 3.05) is 13.1 Å². The molecule has 3 aromatic rings. The van der Waals surface area contributed by atoms with Crippen molar-refractivity contribution in [2.45, 2.75) is 19.9 Å². The van der Waals surface area contributed by atoms with Gasteiger partial charge in [-0.3, -0.25) is 5.10 Å². The van der Waals surface area contributed by atoms with Crippen molar-refractivity contribution in [2.24, 2.45) is 4.99 Å². The van der Waals surface area contributed by atoms with Gasteiger partial charge in [0.2, 0.25) is 0 Å². The molecule has 1 aromatic carbocycles. The molecule has 25 heavy (non-hydrogen) atoms. The van der Waals surface area contributed by atoms with Gasteiger partial charge in [0.25, 0.3) is 0 Å². The maximum Gasteiger partial charge on any atom is 0.191 e. The minimum atomic E-state index is 0.607. The van der Waals surface area contributed by atoms with Gasteiger partial charge in [0.15, 0.2) is 11.8 Å². The third-order valence-electron chi connectivity index (χ3n) is 3.62. The Morgan fingerprint density at radius 2 is 2.20 bits per heavy atom. The summed E-state index contributed by atoms with van der Waals surface area (Å²) < 4.78 is 0. The molecule has 7 heteroatoms. The SMILES string of the molecule is CCNC(=NCc1cccc(-c2ncn[nH]2)c1)NCCc1cccs1. The second-order valence-corrected chi connectivity index (χ2v) is 6.52. The highest BCUT2D eigenvalue weighted by molar-refractivity contribution is 7.09. The number of benzene rings is 1. The molecule has 0 radical (unpaired) electrons. The van der Waals surface area contributed by atoms with Crippen molar-refractivity contribution in [3.63, 3.8) is 0 Å². The van der Waals surface area contributed by atoms with Crippen LogP contribution in [0.1, 0.15) is 17.4 Å². The van der Waals surface area contributed by atoms with E-state index in [1.165, 1.54) is 11.2 Å². The van der Waals surface area contributed by atoms with Crippen LogP contribution in [0, 0.1) is 0 Å². The number of guanidine groups is 1. The molecular formula is C18H22N6S. The lowest BCUT2D eigenvalue weighted by molar-refractivity contribution is 0.804. The van der Waals surface area contributed by atoms with Gasteiger partial charge in [0.05, 0.1) is 6.54 Å². The first-order chi connectivity index (χ1) is 12.3. The molecule has 3 rings (SSSR count). The summed E-state index contributed by atoms with van der Waals surface area (Å²) in [4.78, 5) is 10.2. The largest absolute Gasteiger partial charge is 0.357 e. The second-order valence-electron chi connectivity index (χ2n) is 5.49. The van der Waals surface area contributed by atoms with Crippen molar-refractivity contribution in [3.05, 3.63) is 58.5 Å². The normalized spacial score (nSPS) is 11.5. The van der Waals surface area contributed by atoms with E-state index in [2.05, 4.69) is 67.4 Å². The van der Waals surface area contributed by atoms with E-state index in [0.29, 0.717) is 6.54 Å². The monoisotopic (exact) mass is 354 g/mol. The number of hydrogen-bond acceptors (Lipinski definition) is 4. The Labute approximate surface area is 151 Å². The molecule has 0 saturated heterocycles. The van der Waals surface area contributed by atoms with Gasteiger partial charge in [-0.1, -0.05) is 24.3 Å². The molecule has 6 nitrogen and oxygen atoms in total. The molecule has 2 heterocycles. The summed E-state index contributed by atoms with van der Waals surface area (Å²) in [6.07, 6.45) is 2.52. The number of H-pyrrole nitrogens is 1. The van der Waals surface area contributed by atoms with Crippen LogP contribution in [0.25, 0.3) is 11.4 Å².